The molecule has 3 aliphatic rings. The second kappa shape index (κ2) is 12.6. The molecule has 3 aromatic heterocycles. The number of benzene rings is 2. The molecule has 3 saturated heterocycles. The largest absolute Gasteiger partial charge is 0.381 e. The van der Waals surface area contributed by atoms with Gasteiger partial charge in [0.2, 0.25) is 5.91 Å². The highest BCUT2D eigenvalue weighted by molar-refractivity contribution is 5.86. The molecule has 0 spiro atoms. The third-order valence-electron chi connectivity index (χ3n) is 10.0. The highest BCUT2D eigenvalue weighted by Gasteiger charge is 2.37. The molecule has 3 fully saturated rings. The highest BCUT2D eigenvalue weighted by Crippen LogP contribution is 2.35. The van der Waals surface area contributed by atoms with Crippen LogP contribution in [-0.2, 0) is 9.53 Å². The van der Waals surface area contributed by atoms with Crippen LogP contribution in [0.2, 0.25) is 0 Å². The summed E-state index contributed by atoms with van der Waals surface area (Å²) in [5.74, 6) is 1.35. The quantitative estimate of drug-likeness (QED) is 0.181. The number of halogens is 1. The summed E-state index contributed by atoms with van der Waals surface area (Å²) in [6.07, 6.45) is 9.05. The minimum absolute atomic E-state index is 0.0423. The molecule has 5 N–H and O–H groups in total. The van der Waals surface area contributed by atoms with E-state index in [0.29, 0.717) is 48.1 Å². The third-order valence-corrected chi connectivity index (χ3v) is 10.0. The van der Waals surface area contributed by atoms with Crippen LogP contribution in [0.15, 0.2) is 60.9 Å². The third kappa shape index (κ3) is 5.83. The fourth-order valence-electron chi connectivity index (χ4n) is 7.35. The van der Waals surface area contributed by atoms with Crippen LogP contribution < -0.4 is 11.1 Å². The summed E-state index contributed by atoms with van der Waals surface area (Å²) in [7, 11) is 0. The summed E-state index contributed by atoms with van der Waals surface area (Å²) < 4.78 is 21.1. The predicted octanol–water partition coefficient (Wildman–Crippen LogP) is 5.66. The number of imidazole rings is 2. The smallest absolute Gasteiger partial charge is 0.240 e. The number of hydrogen-bond acceptors (Lipinski definition) is 7. The van der Waals surface area contributed by atoms with E-state index in [0.717, 1.165) is 73.1 Å². The molecular formula is C36H39FN8O2. The van der Waals surface area contributed by atoms with E-state index in [2.05, 4.69) is 31.3 Å². The van der Waals surface area contributed by atoms with Gasteiger partial charge in [-0.2, -0.15) is 0 Å². The maximum Gasteiger partial charge on any atom is 0.240 e. The number of hydrogen-bond donors (Lipinski definition) is 4. The van der Waals surface area contributed by atoms with Crippen LogP contribution in [0, 0.1) is 11.7 Å². The van der Waals surface area contributed by atoms with Crippen molar-refractivity contribution in [2.45, 2.75) is 56.7 Å². The Hall–Kier alpha value is -4.45. The van der Waals surface area contributed by atoms with E-state index in [1.54, 1.807) is 12.3 Å². The van der Waals surface area contributed by atoms with Gasteiger partial charge in [0.25, 0.3) is 0 Å². The van der Waals surface area contributed by atoms with Crippen LogP contribution in [0.3, 0.4) is 0 Å². The van der Waals surface area contributed by atoms with E-state index in [4.69, 9.17) is 15.5 Å². The number of H-pyrrole nitrogens is 2. The van der Waals surface area contributed by atoms with Crippen molar-refractivity contribution in [3.63, 3.8) is 0 Å². The van der Waals surface area contributed by atoms with E-state index < -0.39 is 6.04 Å². The summed E-state index contributed by atoms with van der Waals surface area (Å²) in [5, 5.41) is 4.48. The fourth-order valence-corrected chi connectivity index (χ4v) is 7.35. The van der Waals surface area contributed by atoms with Gasteiger partial charge >= 0.3 is 0 Å². The summed E-state index contributed by atoms with van der Waals surface area (Å²) >= 11 is 0. The average molecular weight is 635 g/mol. The minimum Gasteiger partial charge on any atom is -0.381 e. The molecule has 0 saturated carbocycles. The van der Waals surface area contributed by atoms with Crippen LogP contribution in [0.25, 0.3) is 44.7 Å². The minimum atomic E-state index is -0.548. The molecule has 1 amide bonds. The second-order valence-corrected chi connectivity index (χ2v) is 13.0. The Morgan fingerprint density at radius 1 is 0.915 bits per heavy atom. The van der Waals surface area contributed by atoms with Crippen LogP contribution in [0.5, 0.6) is 0 Å². The molecule has 5 aromatic rings. The van der Waals surface area contributed by atoms with Crippen molar-refractivity contribution in [1.29, 1.82) is 0 Å². The number of likely N-dealkylation sites (tertiary alicyclic amines) is 1. The standard InChI is InChI=1S/C36H39FN8O2/c37-26-18-24(28-9-6-22-17-23(7-10-27(22)42-28)30-19-40-34(43-30)29-3-1-13-39-29)5-8-25(26)31-20-41-35(44-31)32-4-2-14-45(32)36(46)33(38)21-11-15-47-16-12-21/h5-10,17-21,29,32-33,39H,1-4,11-16,38H2,(H,40,43)(H,41,44)/t29-,32-,33-/m0/s1. The zero-order valence-corrected chi connectivity index (χ0v) is 26.2. The zero-order chi connectivity index (χ0) is 31.9. The number of rotatable bonds is 7. The second-order valence-electron chi connectivity index (χ2n) is 13.0. The number of aromatic nitrogens is 5. The number of ether oxygens (including phenoxy) is 1. The van der Waals surface area contributed by atoms with Crippen LogP contribution in [0.4, 0.5) is 4.39 Å². The molecule has 0 aliphatic carbocycles. The zero-order valence-electron chi connectivity index (χ0n) is 26.2. The first-order valence-electron chi connectivity index (χ1n) is 16.7. The lowest BCUT2D eigenvalue weighted by Gasteiger charge is -2.32. The summed E-state index contributed by atoms with van der Waals surface area (Å²) in [5.41, 5.74) is 11.7. The van der Waals surface area contributed by atoms with Crippen molar-refractivity contribution in [2.24, 2.45) is 11.7 Å². The Morgan fingerprint density at radius 3 is 2.55 bits per heavy atom. The van der Waals surface area contributed by atoms with E-state index in [9.17, 15) is 4.79 Å². The van der Waals surface area contributed by atoms with Gasteiger partial charge in [0.05, 0.1) is 53.1 Å². The number of nitrogens with zero attached hydrogens (tertiary/aromatic N) is 4. The maximum atomic E-state index is 15.6. The van der Waals surface area contributed by atoms with Gasteiger partial charge in [-0.15, -0.1) is 0 Å². The highest BCUT2D eigenvalue weighted by atomic mass is 19.1. The Morgan fingerprint density at radius 2 is 1.72 bits per heavy atom. The Kier molecular flexibility index (Phi) is 8.04. The molecule has 6 heterocycles. The van der Waals surface area contributed by atoms with Gasteiger partial charge in [-0.05, 0) is 81.3 Å². The Labute approximate surface area is 272 Å². The van der Waals surface area contributed by atoms with Crippen LogP contribution in [-0.4, -0.2) is 68.1 Å². The van der Waals surface area contributed by atoms with Gasteiger partial charge in [-0.3, -0.25) is 4.79 Å². The number of nitrogens with two attached hydrogens (primary N) is 1. The van der Waals surface area contributed by atoms with Gasteiger partial charge in [0, 0.05) is 41.8 Å². The van der Waals surface area contributed by atoms with E-state index >= 15 is 4.39 Å². The molecule has 242 valence electrons. The molecule has 11 heteroatoms. The Balaban J connectivity index is 0.982. The number of amides is 1. The number of aromatic amines is 2. The fraction of sp³-hybridized carbons (Fsp3) is 0.389. The summed E-state index contributed by atoms with van der Waals surface area (Å²) in [6, 6.07) is 14.8. The molecular weight excluding hydrogens is 595 g/mol. The van der Waals surface area contributed by atoms with Crippen molar-refractivity contribution < 1.29 is 13.9 Å². The van der Waals surface area contributed by atoms with Gasteiger partial charge in [0.1, 0.15) is 17.5 Å². The van der Waals surface area contributed by atoms with Crippen molar-refractivity contribution in [3.05, 3.63) is 78.4 Å². The van der Waals surface area contributed by atoms with Crippen molar-refractivity contribution >= 4 is 16.8 Å². The van der Waals surface area contributed by atoms with Crippen LogP contribution >= 0.6 is 0 Å². The molecule has 3 aliphatic heterocycles. The molecule has 8 rings (SSSR count). The first-order chi connectivity index (χ1) is 23.0. The number of carbonyl (C=O) groups is 1. The number of carbonyl (C=O) groups excluding carboxylic acids is 1. The molecule has 2 aromatic carbocycles. The normalized spacial score (nSPS) is 21.1. The predicted molar refractivity (Wildman–Crippen MR) is 177 cm³/mol. The lowest BCUT2D eigenvalue weighted by molar-refractivity contribution is -0.135. The Bertz CT molecular complexity index is 1910. The van der Waals surface area contributed by atoms with E-state index in [-0.39, 0.29) is 29.7 Å². The average Bonchev–Trinajstić information content (AvgIpc) is 3.94. The van der Waals surface area contributed by atoms with Crippen LogP contribution in [0.1, 0.15) is 62.3 Å². The number of pyridine rings is 1. The van der Waals surface area contributed by atoms with Gasteiger partial charge in [-0.1, -0.05) is 18.2 Å². The number of nitrogens with one attached hydrogen (secondary N) is 3. The molecule has 47 heavy (non-hydrogen) atoms. The lowest BCUT2D eigenvalue weighted by atomic mass is 9.91. The first-order valence-corrected chi connectivity index (χ1v) is 16.7. The topological polar surface area (TPSA) is 138 Å². The van der Waals surface area contributed by atoms with Crippen molar-refractivity contribution in [3.8, 4) is 33.8 Å². The van der Waals surface area contributed by atoms with Gasteiger partial charge in [-0.25, -0.2) is 19.3 Å². The monoisotopic (exact) mass is 634 g/mol. The van der Waals surface area contributed by atoms with Crippen molar-refractivity contribution in [1.82, 2.24) is 35.1 Å². The first kappa shape index (κ1) is 29.9. The maximum absolute atomic E-state index is 15.6. The van der Waals surface area contributed by atoms with Gasteiger partial charge < -0.3 is 30.7 Å². The molecule has 10 nitrogen and oxygen atoms in total. The lowest BCUT2D eigenvalue weighted by Crippen LogP contribution is -2.48. The van der Waals surface area contributed by atoms with Gasteiger partial charge in [0.15, 0.2) is 0 Å². The molecule has 0 radical (unpaired) electrons. The number of fused-ring (bicyclic) bond motifs is 1. The molecule has 3 atom stereocenters. The van der Waals surface area contributed by atoms with Crippen molar-refractivity contribution in [2.75, 3.05) is 26.3 Å². The molecule has 0 bridgehead atoms. The van der Waals surface area contributed by atoms with E-state index in [1.807, 2.05) is 41.4 Å². The SMILES string of the molecule is N[C@H](C(=O)N1CCC[C@H]1c1ncc(-c2ccc(-c3ccc4cc(-c5cnc([C@@H]6CCCN6)[nH]5)ccc4n3)cc2F)[nH]1)C1CCOCC1. The van der Waals surface area contributed by atoms with E-state index in [1.165, 1.54) is 6.07 Å². The summed E-state index contributed by atoms with van der Waals surface area (Å²) in [6.45, 7) is 2.95. The molecule has 0 unspecified atom stereocenters. The summed E-state index contributed by atoms with van der Waals surface area (Å²) in [4.78, 5) is 36.0.